The molecule has 0 bridgehead atoms. The number of aromatic nitrogens is 2. The van der Waals surface area contributed by atoms with Crippen molar-refractivity contribution in [3.8, 4) is 0 Å². The lowest BCUT2D eigenvalue weighted by atomic mass is 10.3. The van der Waals surface area contributed by atoms with Crippen LogP contribution in [0.4, 0.5) is 0 Å². The van der Waals surface area contributed by atoms with Crippen LogP contribution in [0.3, 0.4) is 0 Å². The van der Waals surface area contributed by atoms with E-state index in [1.54, 1.807) is 0 Å². The highest BCUT2D eigenvalue weighted by Gasteiger charge is 2.21. The fourth-order valence-electron chi connectivity index (χ4n) is 2.57. The van der Waals surface area contributed by atoms with Crippen molar-refractivity contribution >= 4 is 5.91 Å². The van der Waals surface area contributed by atoms with Gasteiger partial charge in [-0.2, -0.15) is 0 Å². The smallest absolute Gasteiger partial charge is 0.224 e. The summed E-state index contributed by atoms with van der Waals surface area (Å²) in [5, 5.41) is 3.49. The predicted octanol–water partition coefficient (Wildman–Crippen LogP) is 1.15. The van der Waals surface area contributed by atoms with Crippen molar-refractivity contribution in [3.63, 3.8) is 0 Å². The Morgan fingerprint density at radius 1 is 1.37 bits per heavy atom. The second-order valence-corrected chi connectivity index (χ2v) is 5.57. The number of rotatable bonds is 6. The van der Waals surface area contributed by atoms with Gasteiger partial charge in [0.15, 0.2) is 0 Å². The topological polar surface area (TPSA) is 50.2 Å². The van der Waals surface area contributed by atoms with Crippen LogP contribution in [0.25, 0.3) is 0 Å². The van der Waals surface area contributed by atoms with Crippen LogP contribution in [0.1, 0.15) is 37.8 Å². The molecule has 0 radical (unpaired) electrons. The van der Waals surface area contributed by atoms with Gasteiger partial charge >= 0.3 is 0 Å². The molecule has 1 amide bonds. The molecule has 0 spiro atoms. The molecule has 0 aromatic carbocycles. The van der Waals surface area contributed by atoms with E-state index >= 15 is 0 Å². The van der Waals surface area contributed by atoms with Crippen LogP contribution in [-0.2, 0) is 17.9 Å². The average molecular weight is 262 g/mol. The van der Waals surface area contributed by atoms with E-state index in [1.807, 2.05) is 17.4 Å². The lowest BCUT2D eigenvalue weighted by Crippen LogP contribution is -2.28. The molecule has 104 valence electrons. The molecule has 5 heteroatoms. The normalized spacial score (nSPS) is 19.1. The fourth-order valence-corrected chi connectivity index (χ4v) is 2.57. The van der Waals surface area contributed by atoms with Crippen LogP contribution in [0.15, 0.2) is 12.5 Å². The van der Waals surface area contributed by atoms with Crippen LogP contribution < -0.4 is 5.32 Å². The average Bonchev–Trinajstić information content (AvgIpc) is 2.94. The zero-order valence-corrected chi connectivity index (χ0v) is 11.3. The van der Waals surface area contributed by atoms with E-state index in [-0.39, 0.29) is 5.91 Å². The van der Waals surface area contributed by atoms with Gasteiger partial charge in [-0.25, -0.2) is 4.98 Å². The summed E-state index contributed by atoms with van der Waals surface area (Å²) in [5.41, 5.74) is 1.18. The minimum Gasteiger partial charge on any atom is -0.343 e. The number of hydrogen-bond acceptors (Lipinski definition) is 3. The molecular weight excluding hydrogens is 240 g/mol. The minimum atomic E-state index is 0.285. The fraction of sp³-hybridized carbons (Fsp3) is 0.714. The number of amides is 1. The van der Waals surface area contributed by atoms with E-state index in [2.05, 4.69) is 14.9 Å². The molecular formula is C14H22N4O. The third-order valence-electron chi connectivity index (χ3n) is 3.97. The number of carbonyl (C=O) groups excluding carboxylic acids is 1. The third-order valence-corrected chi connectivity index (χ3v) is 3.97. The van der Waals surface area contributed by atoms with Gasteiger partial charge in [-0.15, -0.1) is 0 Å². The zero-order valence-electron chi connectivity index (χ0n) is 11.3. The van der Waals surface area contributed by atoms with Gasteiger partial charge in [0.25, 0.3) is 0 Å². The Hall–Kier alpha value is -1.36. The van der Waals surface area contributed by atoms with E-state index in [4.69, 9.17) is 0 Å². The molecule has 1 aliphatic carbocycles. The molecule has 0 atom stereocenters. The van der Waals surface area contributed by atoms with Crippen molar-refractivity contribution < 1.29 is 4.79 Å². The van der Waals surface area contributed by atoms with Crippen LogP contribution in [0.2, 0.25) is 0 Å². The third kappa shape index (κ3) is 3.35. The van der Waals surface area contributed by atoms with Crippen molar-refractivity contribution in [2.45, 2.75) is 51.2 Å². The first-order chi connectivity index (χ1) is 9.33. The molecule has 1 saturated heterocycles. The highest BCUT2D eigenvalue weighted by atomic mass is 16.2. The maximum Gasteiger partial charge on any atom is 0.224 e. The summed E-state index contributed by atoms with van der Waals surface area (Å²) in [4.78, 5) is 18.2. The molecule has 1 saturated carbocycles. The van der Waals surface area contributed by atoms with Crippen molar-refractivity contribution in [2.24, 2.45) is 0 Å². The molecule has 2 heterocycles. The van der Waals surface area contributed by atoms with E-state index in [0.29, 0.717) is 12.5 Å². The summed E-state index contributed by atoms with van der Waals surface area (Å²) >= 11 is 0. The van der Waals surface area contributed by atoms with Gasteiger partial charge in [0.1, 0.15) is 0 Å². The van der Waals surface area contributed by atoms with E-state index in [9.17, 15) is 4.79 Å². The quantitative estimate of drug-likeness (QED) is 0.836. The number of hydrogen-bond donors (Lipinski definition) is 1. The summed E-state index contributed by atoms with van der Waals surface area (Å²) < 4.78 is 2.10. The first-order valence-electron chi connectivity index (χ1n) is 7.33. The van der Waals surface area contributed by atoms with Gasteiger partial charge in [-0.3, -0.25) is 4.79 Å². The standard InChI is InChI=1S/C14H22N4O/c19-14(17-6-1-2-7-17)5-8-18-11-15-9-13(18)10-16-12-3-4-12/h9,11-12,16H,1-8,10H2. The Morgan fingerprint density at radius 3 is 2.89 bits per heavy atom. The van der Waals surface area contributed by atoms with Gasteiger partial charge in [0.05, 0.1) is 12.0 Å². The van der Waals surface area contributed by atoms with Gasteiger partial charge in [0.2, 0.25) is 5.91 Å². The van der Waals surface area contributed by atoms with Crippen molar-refractivity contribution in [1.29, 1.82) is 0 Å². The van der Waals surface area contributed by atoms with E-state index in [0.717, 1.165) is 39.0 Å². The summed E-state index contributed by atoms with van der Waals surface area (Å²) in [7, 11) is 0. The molecule has 1 aromatic rings. The maximum absolute atomic E-state index is 12.0. The molecule has 1 N–H and O–H groups in total. The molecule has 19 heavy (non-hydrogen) atoms. The van der Waals surface area contributed by atoms with Gasteiger partial charge in [0, 0.05) is 44.8 Å². The highest BCUT2D eigenvalue weighted by Crippen LogP contribution is 2.19. The van der Waals surface area contributed by atoms with Crippen molar-refractivity contribution in [3.05, 3.63) is 18.2 Å². The number of carbonyl (C=O) groups is 1. The number of imidazole rings is 1. The number of aryl methyl sites for hydroxylation is 1. The molecule has 2 aliphatic rings. The first kappa shape index (κ1) is 12.7. The van der Waals surface area contributed by atoms with Crippen molar-refractivity contribution in [1.82, 2.24) is 19.8 Å². The zero-order chi connectivity index (χ0) is 13.1. The van der Waals surface area contributed by atoms with E-state index < -0.39 is 0 Å². The Kier molecular flexibility index (Phi) is 3.82. The van der Waals surface area contributed by atoms with Crippen LogP contribution in [0, 0.1) is 0 Å². The van der Waals surface area contributed by atoms with Crippen molar-refractivity contribution in [2.75, 3.05) is 13.1 Å². The Bertz CT molecular complexity index is 432. The molecule has 3 rings (SSSR count). The molecule has 5 nitrogen and oxygen atoms in total. The Balaban J connectivity index is 1.48. The molecule has 2 fully saturated rings. The van der Waals surface area contributed by atoms with Crippen LogP contribution >= 0.6 is 0 Å². The largest absolute Gasteiger partial charge is 0.343 e. The van der Waals surface area contributed by atoms with Crippen LogP contribution in [0.5, 0.6) is 0 Å². The summed E-state index contributed by atoms with van der Waals surface area (Å²) in [6.07, 6.45) is 9.23. The van der Waals surface area contributed by atoms with Gasteiger partial charge in [-0.05, 0) is 25.7 Å². The van der Waals surface area contributed by atoms with Gasteiger partial charge < -0.3 is 14.8 Å². The van der Waals surface area contributed by atoms with Crippen LogP contribution in [-0.4, -0.2) is 39.5 Å². The summed E-state index contributed by atoms with van der Waals surface area (Å²) in [6.45, 7) is 3.50. The number of nitrogens with one attached hydrogen (secondary N) is 1. The Morgan fingerprint density at radius 2 is 2.16 bits per heavy atom. The van der Waals surface area contributed by atoms with E-state index in [1.165, 1.54) is 18.5 Å². The second-order valence-electron chi connectivity index (χ2n) is 5.57. The second kappa shape index (κ2) is 5.74. The molecule has 0 unspecified atom stereocenters. The number of likely N-dealkylation sites (tertiary alicyclic amines) is 1. The summed E-state index contributed by atoms with van der Waals surface area (Å²) in [5.74, 6) is 0.285. The highest BCUT2D eigenvalue weighted by molar-refractivity contribution is 5.76. The monoisotopic (exact) mass is 262 g/mol. The lowest BCUT2D eigenvalue weighted by Gasteiger charge is -2.16. The molecule has 1 aliphatic heterocycles. The molecule has 1 aromatic heterocycles. The maximum atomic E-state index is 12.0. The lowest BCUT2D eigenvalue weighted by molar-refractivity contribution is -0.130. The number of nitrogens with zero attached hydrogens (tertiary/aromatic N) is 3. The summed E-state index contributed by atoms with van der Waals surface area (Å²) in [6, 6.07) is 0.703. The SMILES string of the molecule is O=C(CCn1cncc1CNC1CC1)N1CCCC1. The van der Waals surface area contributed by atoms with Gasteiger partial charge in [-0.1, -0.05) is 0 Å². The first-order valence-corrected chi connectivity index (χ1v) is 7.33. The Labute approximate surface area is 114 Å². The predicted molar refractivity (Wildman–Crippen MR) is 72.5 cm³/mol. The minimum absolute atomic E-state index is 0.285.